The molecule has 6 nitrogen and oxygen atoms in total. The van der Waals surface area contributed by atoms with E-state index in [0.29, 0.717) is 23.5 Å². The lowest BCUT2D eigenvalue weighted by Crippen LogP contribution is -2.51. The highest BCUT2D eigenvalue weighted by atomic mass is 16.5. The number of hydrogen-bond donors (Lipinski definition) is 2. The van der Waals surface area contributed by atoms with Crippen LogP contribution in [0, 0.1) is 22.7 Å². The van der Waals surface area contributed by atoms with Gasteiger partial charge in [0, 0.05) is 30.5 Å². The van der Waals surface area contributed by atoms with E-state index in [1.54, 1.807) is 0 Å². The first-order chi connectivity index (χ1) is 15.3. The van der Waals surface area contributed by atoms with Crippen molar-refractivity contribution in [3.05, 3.63) is 48.0 Å². The molecule has 2 bridgehead atoms. The number of aliphatic carboxylic acids is 2. The molecule has 2 N–H and O–H groups in total. The van der Waals surface area contributed by atoms with Crippen molar-refractivity contribution in [1.82, 2.24) is 4.90 Å². The number of carboxylic acid groups (broad SMARTS) is 2. The average Bonchev–Trinajstić information content (AvgIpc) is 3.04. The molecule has 4 unspecified atom stereocenters. The Kier molecular flexibility index (Phi) is 8.88. The van der Waals surface area contributed by atoms with Crippen LogP contribution in [0.4, 0.5) is 0 Å². The van der Waals surface area contributed by atoms with Gasteiger partial charge in [0.25, 0.3) is 0 Å². The Hall–Kier alpha value is -2.18. The molecule has 0 aliphatic heterocycles. The first-order valence-corrected chi connectivity index (χ1v) is 11.8. The number of benzene rings is 1. The molecule has 2 fully saturated rings. The van der Waals surface area contributed by atoms with Crippen molar-refractivity contribution >= 4 is 11.9 Å². The molecule has 2 saturated carbocycles. The van der Waals surface area contributed by atoms with Crippen LogP contribution in [0.25, 0.3) is 0 Å². The van der Waals surface area contributed by atoms with E-state index in [0.717, 1.165) is 25.5 Å². The molecule has 4 atom stereocenters. The zero-order chi connectivity index (χ0) is 24.9. The zero-order valence-corrected chi connectivity index (χ0v) is 21.0. The maximum atomic E-state index is 9.55. The lowest BCUT2D eigenvalue weighted by molar-refractivity contribution is -0.146. The van der Waals surface area contributed by atoms with Gasteiger partial charge in [-0.15, -0.1) is 0 Å². The molecule has 2 aliphatic rings. The van der Waals surface area contributed by atoms with Gasteiger partial charge >= 0.3 is 11.9 Å². The Bertz CT molecular complexity index is 818. The van der Waals surface area contributed by atoms with E-state index >= 15 is 0 Å². The lowest BCUT2D eigenvalue weighted by atomic mass is 9.62. The summed E-state index contributed by atoms with van der Waals surface area (Å²) in [6, 6.07) is 11.0. The van der Waals surface area contributed by atoms with Gasteiger partial charge in [0.1, 0.15) is 0 Å². The van der Waals surface area contributed by atoms with Crippen molar-refractivity contribution in [2.75, 3.05) is 27.2 Å². The number of carboxylic acids is 2. The van der Waals surface area contributed by atoms with Crippen molar-refractivity contribution < 1.29 is 24.5 Å². The molecule has 2 aliphatic carbocycles. The molecule has 0 radical (unpaired) electrons. The van der Waals surface area contributed by atoms with Crippen LogP contribution in [0.2, 0.25) is 0 Å². The Labute approximate surface area is 198 Å². The van der Waals surface area contributed by atoms with Crippen molar-refractivity contribution in [2.45, 2.75) is 59.0 Å². The quantitative estimate of drug-likeness (QED) is 0.519. The highest BCUT2D eigenvalue weighted by molar-refractivity contribution is 5.89. The fourth-order valence-corrected chi connectivity index (χ4v) is 5.97. The van der Waals surface area contributed by atoms with E-state index < -0.39 is 11.9 Å². The Morgan fingerprint density at radius 3 is 2.12 bits per heavy atom. The molecule has 1 aromatic rings. The number of fused-ring (bicyclic) bond motifs is 2. The van der Waals surface area contributed by atoms with E-state index in [-0.39, 0.29) is 11.0 Å². The molecule has 1 aromatic carbocycles. The second-order valence-electron chi connectivity index (χ2n) is 10.8. The maximum absolute atomic E-state index is 9.55. The Morgan fingerprint density at radius 1 is 1.12 bits per heavy atom. The van der Waals surface area contributed by atoms with Crippen LogP contribution < -0.4 is 0 Å². The van der Waals surface area contributed by atoms with Gasteiger partial charge in [-0.3, -0.25) is 0 Å². The van der Waals surface area contributed by atoms with Gasteiger partial charge in [0.15, 0.2) is 0 Å². The van der Waals surface area contributed by atoms with E-state index in [4.69, 9.17) is 14.9 Å². The summed E-state index contributed by atoms with van der Waals surface area (Å²) in [5, 5.41) is 15.6. The Morgan fingerprint density at radius 2 is 1.70 bits per heavy atom. The lowest BCUT2D eigenvalue weighted by Gasteiger charge is -2.49. The minimum atomic E-state index is -1.26. The van der Waals surface area contributed by atoms with Crippen molar-refractivity contribution in [2.24, 2.45) is 22.7 Å². The maximum Gasteiger partial charge on any atom is 0.328 e. The summed E-state index contributed by atoms with van der Waals surface area (Å²) < 4.78 is 6.90. The Balaban J connectivity index is 0.000000414. The summed E-state index contributed by atoms with van der Waals surface area (Å²) in [6.45, 7) is 11.8. The SMILES string of the molecule is CC(COC1(Cc2ccccc2)CC2CCC1(C)C2(C)C)CN(C)C.O=C(O)/C=C/C(=O)O. The topological polar surface area (TPSA) is 87.1 Å². The predicted molar refractivity (Wildman–Crippen MR) is 130 cm³/mol. The van der Waals surface area contributed by atoms with E-state index in [1.807, 2.05) is 0 Å². The van der Waals surface area contributed by atoms with Crippen molar-refractivity contribution in [3.63, 3.8) is 0 Å². The molecule has 33 heavy (non-hydrogen) atoms. The molecule has 3 rings (SSSR count). The van der Waals surface area contributed by atoms with E-state index in [9.17, 15) is 9.59 Å². The standard InChI is InChI=1S/C23H37NO.C4H4O4/c1-18(16-24(5)6)17-25-23(14-19-10-8-7-9-11-19)15-20-12-13-22(23,4)21(20,2)3;5-3(6)1-2-4(7)8/h7-11,18,20H,12-17H2,1-6H3;1-2H,(H,5,6)(H,7,8)/b;2-1+. The molecule has 0 aromatic heterocycles. The van der Waals surface area contributed by atoms with Crippen LogP contribution in [0.15, 0.2) is 42.5 Å². The minimum absolute atomic E-state index is 0.0126. The van der Waals surface area contributed by atoms with Gasteiger partial charge in [0.2, 0.25) is 0 Å². The van der Waals surface area contributed by atoms with Crippen LogP contribution in [-0.2, 0) is 20.7 Å². The van der Waals surface area contributed by atoms with Gasteiger partial charge in [-0.25, -0.2) is 9.59 Å². The minimum Gasteiger partial charge on any atom is -0.478 e. The fraction of sp³-hybridized carbons (Fsp3) is 0.630. The highest BCUT2D eigenvalue weighted by Crippen LogP contribution is 2.71. The average molecular weight is 460 g/mol. The first-order valence-electron chi connectivity index (χ1n) is 11.8. The number of hydrogen-bond acceptors (Lipinski definition) is 4. The molecular weight excluding hydrogens is 418 g/mol. The monoisotopic (exact) mass is 459 g/mol. The van der Waals surface area contributed by atoms with Gasteiger partial charge in [0.05, 0.1) is 12.2 Å². The van der Waals surface area contributed by atoms with E-state index in [2.05, 4.69) is 77.0 Å². The summed E-state index contributed by atoms with van der Waals surface area (Å²) in [6.07, 6.45) is 6.07. The summed E-state index contributed by atoms with van der Waals surface area (Å²) in [4.78, 5) is 21.4. The van der Waals surface area contributed by atoms with Crippen LogP contribution in [0.1, 0.15) is 52.5 Å². The van der Waals surface area contributed by atoms with Gasteiger partial charge in [-0.2, -0.15) is 0 Å². The van der Waals surface area contributed by atoms with Crippen molar-refractivity contribution in [3.8, 4) is 0 Å². The normalized spacial score (nSPS) is 28.5. The van der Waals surface area contributed by atoms with Crippen LogP contribution in [0.3, 0.4) is 0 Å². The summed E-state index contributed by atoms with van der Waals surface area (Å²) in [5.41, 5.74) is 2.04. The van der Waals surface area contributed by atoms with Gasteiger partial charge in [-0.05, 0) is 56.2 Å². The molecular formula is C27H41NO5. The third-order valence-corrected chi connectivity index (χ3v) is 8.04. The van der Waals surface area contributed by atoms with Crippen LogP contribution in [-0.4, -0.2) is 59.9 Å². The molecule has 184 valence electrons. The number of carbonyl (C=O) groups is 2. The first kappa shape index (κ1) is 27.1. The smallest absolute Gasteiger partial charge is 0.328 e. The summed E-state index contributed by atoms with van der Waals surface area (Å²) in [5.74, 6) is -1.15. The summed E-state index contributed by atoms with van der Waals surface area (Å²) >= 11 is 0. The molecule has 0 heterocycles. The number of rotatable bonds is 9. The second kappa shape index (κ2) is 10.8. The number of nitrogens with zero attached hydrogens (tertiary/aromatic N) is 1. The third kappa shape index (κ3) is 6.24. The predicted octanol–water partition coefficient (Wildman–Crippen LogP) is 4.74. The number of ether oxygens (including phenoxy) is 1. The molecule has 0 saturated heterocycles. The fourth-order valence-electron chi connectivity index (χ4n) is 5.97. The third-order valence-electron chi connectivity index (χ3n) is 8.04. The van der Waals surface area contributed by atoms with Gasteiger partial charge < -0.3 is 19.8 Å². The largest absolute Gasteiger partial charge is 0.478 e. The molecule has 6 heteroatoms. The second-order valence-corrected chi connectivity index (χ2v) is 10.8. The van der Waals surface area contributed by atoms with E-state index in [1.165, 1.54) is 24.8 Å². The van der Waals surface area contributed by atoms with Gasteiger partial charge in [-0.1, -0.05) is 58.0 Å². The summed E-state index contributed by atoms with van der Waals surface area (Å²) in [7, 11) is 4.30. The van der Waals surface area contributed by atoms with Crippen LogP contribution >= 0.6 is 0 Å². The van der Waals surface area contributed by atoms with Crippen molar-refractivity contribution in [1.29, 1.82) is 0 Å². The zero-order valence-electron chi connectivity index (χ0n) is 21.0. The van der Waals surface area contributed by atoms with Crippen LogP contribution in [0.5, 0.6) is 0 Å². The molecule has 0 spiro atoms. The highest BCUT2D eigenvalue weighted by Gasteiger charge is 2.69. The molecule has 0 amide bonds.